The van der Waals surface area contributed by atoms with Gasteiger partial charge in [-0.3, -0.25) is 24.0 Å². The largest absolute Gasteiger partial charge is 0.481 e. The maximum Gasteiger partial charge on any atom is 0.307 e. The quantitative estimate of drug-likeness (QED) is 0.306. The van der Waals surface area contributed by atoms with Crippen molar-refractivity contribution in [3.05, 3.63) is 35.4 Å². The van der Waals surface area contributed by atoms with Crippen molar-refractivity contribution in [3.8, 4) is 0 Å². The lowest BCUT2D eigenvalue weighted by molar-refractivity contribution is -0.150. The number of fused-ring (bicyclic) bond motifs is 1. The Hall–Kier alpha value is -3.43. The number of rotatable bonds is 11. The van der Waals surface area contributed by atoms with Gasteiger partial charge in [0.05, 0.1) is 11.8 Å². The first-order valence-electron chi connectivity index (χ1n) is 16.1. The van der Waals surface area contributed by atoms with Crippen LogP contribution >= 0.6 is 0 Å². The van der Waals surface area contributed by atoms with Gasteiger partial charge in [0.25, 0.3) is 0 Å². The third-order valence-electron chi connectivity index (χ3n) is 9.51. The Labute approximate surface area is 254 Å². The number of aliphatic carboxylic acids is 1. The highest BCUT2D eigenvalue weighted by Crippen LogP contribution is 2.34. The molecular weight excluding hydrogens is 548 g/mol. The van der Waals surface area contributed by atoms with Gasteiger partial charge in [0.15, 0.2) is 0 Å². The molecule has 2 saturated carbocycles. The monoisotopic (exact) mass is 596 g/mol. The topological polar surface area (TPSA) is 159 Å². The van der Waals surface area contributed by atoms with Crippen molar-refractivity contribution in [1.29, 1.82) is 0 Å². The normalized spacial score (nSPS) is 24.0. The first kappa shape index (κ1) is 32.5. The van der Waals surface area contributed by atoms with Crippen molar-refractivity contribution >= 4 is 29.6 Å². The lowest BCUT2D eigenvalue weighted by Gasteiger charge is -2.40. The van der Waals surface area contributed by atoms with E-state index in [-0.39, 0.29) is 24.3 Å². The maximum atomic E-state index is 14.5. The number of carboxylic acid groups (broad SMARTS) is 1. The number of primary amides is 1. The van der Waals surface area contributed by atoms with Crippen LogP contribution in [-0.2, 0) is 30.4 Å². The predicted octanol–water partition coefficient (Wildman–Crippen LogP) is 3.47. The Bertz CT molecular complexity index is 1180. The highest BCUT2D eigenvalue weighted by atomic mass is 16.4. The van der Waals surface area contributed by atoms with E-state index >= 15 is 0 Å². The van der Waals surface area contributed by atoms with Crippen LogP contribution in [0.1, 0.15) is 102 Å². The second-order valence-corrected chi connectivity index (χ2v) is 13.1. The minimum absolute atomic E-state index is 0.110. The van der Waals surface area contributed by atoms with Gasteiger partial charge >= 0.3 is 5.97 Å². The summed E-state index contributed by atoms with van der Waals surface area (Å²) in [6, 6.07) is 4.74. The molecule has 5 N–H and O–H groups in total. The highest BCUT2D eigenvalue weighted by Gasteiger charge is 2.42. The van der Waals surface area contributed by atoms with Gasteiger partial charge in [-0.25, -0.2) is 0 Å². The molecule has 4 amide bonds. The zero-order chi connectivity index (χ0) is 31.1. The number of amides is 4. The third-order valence-corrected chi connectivity index (χ3v) is 9.51. The summed E-state index contributed by atoms with van der Waals surface area (Å²) in [5.74, 6) is -3.95. The van der Waals surface area contributed by atoms with Crippen LogP contribution in [0.25, 0.3) is 0 Å². The number of carbonyl (C=O) groups is 5. The van der Waals surface area contributed by atoms with E-state index in [1.807, 2.05) is 38.1 Å². The number of hydrogen-bond acceptors (Lipinski definition) is 5. The van der Waals surface area contributed by atoms with Crippen molar-refractivity contribution in [2.75, 3.05) is 6.54 Å². The van der Waals surface area contributed by atoms with Crippen LogP contribution in [0.3, 0.4) is 0 Å². The lowest BCUT2D eigenvalue weighted by atomic mass is 9.78. The second-order valence-electron chi connectivity index (χ2n) is 13.1. The van der Waals surface area contributed by atoms with Crippen LogP contribution in [-0.4, -0.2) is 58.2 Å². The van der Waals surface area contributed by atoms with E-state index in [1.54, 1.807) is 0 Å². The molecule has 1 aromatic rings. The molecule has 10 heteroatoms. The summed E-state index contributed by atoms with van der Waals surface area (Å²) >= 11 is 0. The molecule has 10 nitrogen and oxygen atoms in total. The van der Waals surface area contributed by atoms with E-state index in [0.717, 1.165) is 50.5 Å². The molecule has 236 valence electrons. The fraction of sp³-hybridized carbons (Fsp3) is 0.667. The maximum absolute atomic E-state index is 14.5. The molecule has 2 aliphatic carbocycles. The van der Waals surface area contributed by atoms with E-state index in [4.69, 9.17) is 5.73 Å². The van der Waals surface area contributed by atoms with Crippen LogP contribution in [0, 0.1) is 23.7 Å². The van der Waals surface area contributed by atoms with E-state index < -0.39 is 53.7 Å². The van der Waals surface area contributed by atoms with E-state index in [0.29, 0.717) is 37.7 Å². The summed E-state index contributed by atoms with van der Waals surface area (Å²) in [6.07, 6.45) is 9.00. The Kier molecular flexibility index (Phi) is 11.2. The van der Waals surface area contributed by atoms with Gasteiger partial charge in [0.2, 0.25) is 23.6 Å². The Balaban J connectivity index is 1.63. The third kappa shape index (κ3) is 8.15. The summed E-state index contributed by atoms with van der Waals surface area (Å²) in [4.78, 5) is 67.7. The predicted molar refractivity (Wildman–Crippen MR) is 161 cm³/mol. The van der Waals surface area contributed by atoms with Gasteiger partial charge in [-0.15, -0.1) is 0 Å². The number of nitrogens with zero attached hydrogens (tertiary/aromatic N) is 1. The molecule has 3 aliphatic rings. The van der Waals surface area contributed by atoms with E-state index in [2.05, 4.69) is 10.6 Å². The number of nitrogens with one attached hydrogen (secondary N) is 2. The van der Waals surface area contributed by atoms with Gasteiger partial charge < -0.3 is 26.4 Å². The number of hydrogen-bond donors (Lipinski definition) is 4. The average molecular weight is 597 g/mol. The lowest BCUT2D eigenvalue weighted by Crippen LogP contribution is -2.57. The van der Waals surface area contributed by atoms with Crippen LogP contribution in [0.4, 0.5) is 0 Å². The summed E-state index contributed by atoms with van der Waals surface area (Å²) in [6.45, 7) is 4.15. The molecule has 0 radical (unpaired) electrons. The SMILES string of the molecule is CC(C)C[C@H](NC(=O)[C@@H]1c2ccccc2CCN1C(=O)[C@H](CC1CCCCC1)NC(=O)[C@@H]1CCCC[C@H]1C(=O)O)C(N)=O. The van der Waals surface area contributed by atoms with Gasteiger partial charge in [-0.05, 0) is 55.1 Å². The summed E-state index contributed by atoms with van der Waals surface area (Å²) < 4.78 is 0. The zero-order valence-corrected chi connectivity index (χ0v) is 25.6. The smallest absolute Gasteiger partial charge is 0.307 e. The van der Waals surface area contributed by atoms with Crippen LogP contribution in [0.2, 0.25) is 0 Å². The molecule has 0 saturated heterocycles. The average Bonchev–Trinajstić information content (AvgIpc) is 2.99. The van der Waals surface area contributed by atoms with Gasteiger partial charge in [0.1, 0.15) is 18.1 Å². The first-order chi connectivity index (χ1) is 20.6. The summed E-state index contributed by atoms with van der Waals surface area (Å²) in [5, 5.41) is 15.6. The Morgan fingerprint density at radius 2 is 1.51 bits per heavy atom. The van der Waals surface area contributed by atoms with Gasteiger partial charge in [0, 0.05) is 6.54 Å². The fourth-order valence-corrected chi connectivity index (χ4v) is 7.25. The minimum atomic E-state index is -0.987. The van der Waals surface area contributed by atoms with Crippen LogP contribution in [0.5, 0.6) is 0 Å². The number of carboxylic acids is 1. The second kappa shape index (κ2) is 14.8. The van der Waals surface area contributed by atoms with E-state index in [1.165, 1.54) is 4.90 Å². The molecule has 2 fully saturated rings. The highest BCUT2D eigenvalue weighted by molar-refractivity contribution is 5.96. The standard InChI is InChI=1S/C33H48N4O6/c1-20(2)18-26(29(34)38)35-31(40)28-23-13-7-6-12-22(23)16-17-37(28)32(41)27(19-21-10-4-3-5-11-21)36-30(39)24-14-8-9-15-25(24)33(42)43/h6-7,12-13,20-21,24-28H,3-5,8-11,14-19H2,1-2H3,(H2,34,38)(H,35,40)(H,36,39)(H,42,43)/t24-,25-,26+,27+,28+/m1/s1. The molecular formula is C33H48N4O6. The van der Waals surface area contributed by atoms with Gasteiger partial charge in [-0.1, -0.05) is 83.1 Å². The molecule has 4 rings (SSSR count). The molecule has 1 heterocycles. The molecule has 43 heavy (non-hydrogen) atoms. The van der Waals surface area contributed by atoms with Gasteiger partial charge in [-0.2, -0.15) is 0 Å². The van der Waals surface area contributed by atoms with E-state index in [9.17, 15) is 29.1 Å². The Morgan fingerprint density at radius 3 is 2.16 bits per heavy atom. The van der Waals surface area contributed by atoms with Crippen LogP contribution < -0.4 is 16.4 Å². The fourth-order valence-electron chi connectivity index (χ4n) is 7.25. The number of carbonyl (C=O) groups excluding carboxylic acids is 4. The molecule has 0 aromatic heterocycles. The molecule has 0 unspecified atom stereocenters. The summed E-state index contributed by atoms with van der Waals surface area (Å²) in [5.41, 5.74) is 7.28. The van der Waals surface area contributed by atoms with Crippen molar-refractivity contribution in [1.82, 2.24) is 15.5 Å². The summed E-state index contributed by atoms with van der Waals surface area (Å²) in [7, 11) is 0. The molecule has 0 spiro atoms. The van der Waals surface area contributed by atoms with Crippen molar-refractivity contribution < 1.29 is 29.1 Å². The zero-order valence-electron chi connectivity index (χ0n) is 25.6. The molecule has 5 atom stereocenters. The Morgan fingerprint density at radius 1 is 0.884 bits per heavy atom. The molecule has 1 aliphatic heterocycles. The first-order valence-corrected chi connectivity index (χ1v) is 16.1. The van der Waals surface area contributed by atoms with Crippen molar-refractivity contribution in [2.24, 2.45) is 29.4 Å². The van der Waals surface area contributed by atoms with Crippen molar-refractivity contribution in [2.45, 2.75) is 109 Å². The minimum Gasteiger partial charge on any atom is -0.481 e. The number of nitrogens with two attached hydrogens (primary N) is 1. The van der Waals surface area contributed by atoms with Crippen LogP contribution in [0.15, 0.2) is 24.3 Å². The van der Waals surface area contributed by atoms with Crippen molar-refractivity contribution in [3.63, 3.8) is 0 Å². The number of benzene rings is 1. The molecule has 0 bridgehead atoms. The molecule has 1 aromatic carbocycles.